The van der Waals surface area contributed by atoms with Crippen molar-refractivity contribution in [3.8, 4) is 11.5 Å². The SMILES string of the molecule is CCOc1cc2c(cc1/C=C/C(=O)Nc1ccccn1)OC(C)C2. The summed E-state index contributed by atoms with van der Waals surface area (Å²) in [7, 11) is 0. The first kappa shape index (κ1) is 16.1. The summed E-state index contributed by atoms with van der Waals surface area (Å²) in [6.45, 7) is 4.54. The molecule has 0 spiro atoms. The van der Waals surface area contributed by atoms with Gasteiger partial charge in [0.05, 0.1) is 6.61 Å². The van der Waals surface area contributed by atoms with E-state index in [0.29, 0.717) is 12.4 Å². The smallest absolute Gasteiger partial charge is 0.249 e. The van der Waals surface area contributed by atoms with Crippen molar-refractivity contribution >= 4 is 17.8 Å². The Labute approximate surface area is 141 Å². The number of aromatic nitrogens is 1. The quantitative estimate of drug-likeness (QED) is 0.856. The summed E-state index contributed by atoms with van der Waals surface area (Å²) in [5.74, 6) is 1.89. The molecule has 0 radical (unpaired) electrons. The van der Waals surface area contributed by atoms with Gasteiger partial charge in [0.25, 0.3) is 0 Å². The van der Waals surface area contributed by atoms with E-state index in [2.05, 4.69) is 10.3 Å². The first-order valence-corrected chi connectivity index (χ1v) is 8.02. The number of pyridine rings is 1. The standard InChI is InChI=1S/C19H20N2O3/c1-3-23-16-12-15-10-13(2)24-17(15)11-14(16)7-8-19(22)21-18-6-4-5-9-20-18/h4-9,11-13H,3,10H2,1-2H3,(H,20,21,22)/b8-7+. The van der Waals surface area contributed by atoms with Gasteiger partial charge < -0.3 is 14.8 Å². The van der Waals surface area contributed by atoms with E-state index in [-0.39, 0.29) is 12.0 Å². The predicted octanol–water partition coefficient (Wildman–Crippen LogP) is 3.46. The summed E-state index contributed by atoms with van der Waals surface area (Å²) in [5.41, 5.74) is 1.96. The van der Waals surface area contributed by atoms with Crippen LogP contribution in [0.3, 0.4) is 0 Å². The molecule has 2 heterocycles. The van der Waals surface area contributed by atoms with E-state index in [1.165, 1.54) is 6.08 Å². The van der Waals surface area contributed by atoms with Gasteiger partial charge in [-0.1, -0.05) is 6.07 Å². The van der Waals surface area contributed by atoms with Crippen molar-refractivity contribution < 1.29 is 14.3 Å². The second-order valence-electron chi connectivity index (χ2n) is 5.60. The zero-order valence-corrected chi connectivity index (χ0v) is 13.8. The van der Waals surface area contributed by atoms with Crippen LogP contribution in [0.4, 0.5) is 5.82 Å². The zero-order valence-electron chi connectivity index (χ0n) is 13.8. The lowest BCUT2D eigenvalue weighted by Gasteiger charge is -2.10. The molecule has 1 atom stereocenters. The highest BCUT2D eigenvalue weighted by molar-refractivity contribution is 6.01. The zero-order chi connectivity index (χ0) is 16.9. The van der Waals surface area contributed by atoms with Gasteiger partial charge in [0.2, 0.25) is 5.91 Å². The molecular weight excluding hydrogens is 304 g/mol. The number of nitrogens with one attached hydrogen (secondary N) is 1. The lowest BCUT2D eigenvalue weighted by atomic mass is 10.1. The molecule has 1 aliphatic rings. The van der Waals surface area contributed by atoms with Gasteiger partial charge in [-0.05, 0) is 44.2 Å². The van der Waals surface area contributed by atoms with Crippen molar-refractivity contribution in [2.75, 3.05) is 11.9 Å². The molecule has 124 valence electrons. The van der Waals surface area contributed by atoms with Crippen LogP contribution in [0.25, 0.3) is 6.08 Å². The molecule has 0 saturated carbocycles. The second kappa shape index (κ2) is 7.17. The molecule has 5 heteroatoms. The van der Waals surface area contributed by atoms with Crippen molar-refractivity contribution in [3.05, 3.63) is 53.7 Å². The van der Waals surface area contributed by atoms with Gasteiger partial charge >= 0.3 is 0 Å². The number of carbonyl (C=O) groups is 1. The Kier molecular flexibility index (Phi) is 4.79. The molecular formula is C19H20N2O3. The molecule has 1 aromatic carbocycles. The largest absolute Gasteiger partial charge is 0.493 e. The molecule has 1 amide bonds. The van der Waals surface area contributed by atoms with Crippen molar-refractivity contribution in [2.24, 2.45) is 0 Å². The van der Waals surface area contributed by atoms with Crippen LogP contribution in [-0.4, -0.2) is 23.6 Å². The monoisotopic (exact) mass is 324 g/mol. The highest BCUT2D eigenvalue weighted by Crippen LogP contribution is 2.35. The third kappa shape index (κ3) is 3.74. The highest BCUT2D eigenvalue weighted by Gasteiger charge is 2.21. The maximum absolute atomic E-state index is 12.0. The fraction of sp³-hybridized carbons (Fsp3) is 0.263. The molecule has 3 rings (SSSR count). The van der Waals surface area contributed by atoms with Crippen LogP contribution in [0, 0.1) is 0 Å². The lowest BCUT2D eigenvalue weighted by molar-refractivity contribution is -0.111. The molecule has 0 fully saturated rings. The number of carbonyl (C=O) groups excluding carboxylic acids is 1. The molecule has 1 aromatic heterocycles. The number of rotatable bonds is 5. The average molecular weight is 324 g/mol. The molecule has 0 bridgehead atoms. The minimum absolute atomic E-state index is 0.168. The van der Waals surface area contributed by atoms with Crippen molar-refractivity contribution in [3.63, 3.8) is 0 Å². The molecule has 1 aliphatic heterocycles. The van der Waals surface area contributed by atoms with E-state index >= 15 is 0 Å². The topological polar surface area (TPSA) is 60.5 Å². The van der Waals surface area contributed by atoms with E-state index < -0.39 is 0 Å². The number of nitrogens with zero attached hydrogens (tertiary/aromatic N) is 1. The van der Waals surface area contributed by atoms with E-state index in [0.717, 1.165) is 29.0 Å². The van der Waals surface area contributed by atoms with Crippen LogP contribution < -0.4 is 14.8 Å². The van der Waals surface area contributed by atoms with Crippen molar-refractivity contribution in [1.82, 2.24) is 4.98 Å². The molecule has 24 heavy (non-hydrogen) atoms. The summed E-state index contributed by atoms with van der Waals surface area (Å²) in [5, 5.41) is 2.71. The summed E-state index contributed by atoms with van der Waals surface area (Å²) in [6.07, 6.45) is 5.87. The van der Waals surface area contributed by atoms with Crippen LogP contribution in [0.1, 0.15) is 25.0 Å². The molecule has 0 saturated heterocycles. The van der Waals surface area contributed by atoms with Crippen LogP contribution in [0.5, 0.6) is 11.5 Å². The van der Waals surface area contributed by atoms with E-state index in [9.17, 15) is 4.79 Å². The lowest BCUT2D eigenvalue weighted by Crippen LogP contribution is -2.08. The van der Waals surface area contributed by atoms with Gasteiger partial charge in [-0.15, -0.1) is 0 Å². The summed E-state index contributed by atoms with van der Waals surface area (Å²) in [6, 6.07) is 9.28. The van der Waals surface area contributed by atoms with Gasteiger partial charge in [0.15, 0.2) is 0 Å². The van der Waals surface area contributed by atoms with E-state index in [4.69, 9.17) is 9.47 Å². The Bertz CT molecular complexity index is 757. The normalized spacial score (nSPS) is 15.8. The number of hydrogen-bond donors (Lipinski definition) is 1. The number of benzene rings is 1. The molecule has 2 aromatic rings. The van der Waals surface area contributed by atoms with E-state index in [1.807, 2.05) is 32.0 Å². The van der Waals surface area contributed by atoms with Crippen LogP contribution >= 0.6 is 0 Å². The Morgan fingerprint density at radius 3 is 3.08 bits per heavy atom. The third-order valence-corrected chi connectivity index (χ3v) is 3.66. The average Bonchev–Trinajstić information content (AvgIpc) is 2.93. The Balaban J connectivity index is 1.78. The van der Waals surface area contributed by atoms with Crippen LogP contribution in [0.2, 0.25) is 0 Å². The summed E-state index contributed by atoms with van der Waals surface area (Å²) in [4.78, 5) is 16.1. The Morgan fingerprint density at radius 1 is 1.46 bits per heavy atom. The maximum atomic E-state index is 12.0. The van der Waals surface area contributed by atoms with Crippen LogP contribution in [-0.2, 0) is 11.2 Å². The number of anilines is 1. The summed E-state index contributed by atoms with van der Waals surface area (Å²) >= 11 is 0. The summed E-state index contributed by atoms with van der Waals surface area (Å²) < 4.78 is 11.5. The predicted molar refractivity (Wildman–Crippen MR) is 93.3 cm³/mol. The second-order valence-corrected chi connectivity index (χ2v) is 5.60. The first-order valence-electron chi connectivity index (χ1n) is 8.02. The van der Waals surface area contributed by atoms with Gasteiger partial charge in [-0.2, -0.15) is 0 Å². The molecule has 5 nitrogen and oxygen atoms in total. The fourth-order valence-corrected chi connectivity index (χ4v) is 2.64. The minimum Gasteiger partial charge on any atom is -0.493 e. The van der Waals surface area contributed by atoms with Crippen LogP contribution in [0.15, 0.2) is 42.6 Å². The highest BCUT2D eigenvalue weighted by atomic mass is 16.5. The third-order valence-electron chi connectivity index (χ3n) is 3.66. The van der Waals surface area contributed by atoms with Crippen molar-refractivity contribution in [1.29, 1.82) is 0 Å². The number of fused-ring (bicyclic) bond motifs is 1. The first-order chi connectivity index (χ1) is 11.7. The fourth-order valence-electron chi connectivity index (χ4n) is 2.64. The minimum atomic E-state index is -0.245. The van der Waals surface area contributed by atoms with E-state index in [1.54, 1.807) is 24.4 Å². The number of hydrogen-bond acceptors (Lipinski definition) is 4. The molecule has 0 aliphatic carbocycles. The number of ether oxygens (including phenoxy) is 2. The molecule has 1 N–H and O–H groups in total. The van der Waals surface area contributed by atoms with Gasteiger partial charge in [0.1, 0.15) is 23.4 Å². The van der Waals surface area contributed by atoms with Gasteiger partial charge in [0, 0.05) is 29.8 Å². The van der Waals surface area contributed by atoms with Gasteiger partial charge in [-0.3, -0.25) is 4.79 Å². The van der Waals surface area contributed by atoms with Gasteiger partial charge in [-0.25, -0.2) is 4.98 Å². The van der Waals surface area contributed by atoms with Crippen molar-refractivity contribution in [2.45, 2.75) is 26.4 Å². The maximum Gasteiger partial charge on any atom is 0.249 e. The number of amides is 1. The Morgan fingerprint density at radius 2 is 2.33 bits per heavy atom. The molecule has 1 unspecified atom stereocenters. The Hall–Kier alpha value is -2.82.